The standard InChI is InChI=1S/C8H19OP.C5H5.5CH3.2HI.Ir/c1-7(2)5-10(9)6-8(3)4;1-2-4-5-3-1;;;;;;;;/h7-9H,5-6H2,1-4H3;1-3H,4H2;5*1H3;2*1H;/q;;;;;;;;;+2/p-2. The fourth-order valence-corrected chi connectivity index (χ4v) is 13.9. The van der Waals surface area contributed by atoms with Crippen LogP contribution in [0, 0.1) is 11.8 Å². The summed E-state index contributed by atoms with van der Waals surface area (Å²) in [6.45, 7) is 8.63. The molecule has 1 nitrogen and oxygen atoms in total. The molecule has 0 fully saturated rings. The third kappa shape index (κ3) is 12.1. The first-order chi connectivity index (χ1) is 9.52. The Labute approximate surface area is 161 Å². The molecule has 0 aromatic carbocycles. The van der Waals surface area contributed by atoms with Crippen molar-refractivity contribution in [3.8, 4) is 0 Å². The number of hydrogen-bond donors (Lipinski definition) is 1. The van der Waals surface area contributed by atoms with E-state index >= 15 is 0 Å². The van der Waals surface area contributed by atoms with Crippen LogP contribution in [0.25, 0.3) is 0 Å². The molecule has 0 saturated heterocycles. The van der Waals surface area contributed by atoms with E-state index in [4.69, 9.17) is 0 Å². The molecule has 0 aromatic rings. The van der Waals surface area contributed by atoms with E-state index < -0.39 is 11.4 Å². The van der Waals surface area contributed by atoms with E-state index in [1.54, 1.807) is 4.09 Å². The Balaban J connectivity index is 0.000000438. The van der Waals surface area contributed by atoms with Crippen LogP contribution >= 0.6 is 47.3 Å². The first kappa shape index (κ1) is 25.0. The molecular weight excluding hydrogens is 709 g/mol. The SMILES string of the molecule is CC(C)CP(O)CC(C)C.[CH3][Ir]([CH3])([CH3])([CH3])([CH3])([I])([I])[C]1=CC=CC1. The van der Waals surface area contributed by atoms with Crippen molar-refractivity contribution >= 4 is 47.3 Å². The summed E-state index contributed by atoms with van der Waals surface area (Å²) in [5.74, 6) is 1.30. The average molecular weight is 749 g/mol. The molecule has 0 aliphatic heterocycles. The molecule has 1 N–H and O–H groups in total. The monoisotopic (exact) mass is 749 g/mol. The molecule has 0 spiro atoms. The average Bonchev–Trinajstić information content (AvgIpc) is 2.62. The summed E-state index contributed by atoms with van der Waals surface area (Å²) >= 11 is 5.52. The van der Waals surface area contributed by atoms with Crippen molar-refractivity contribution < 1.29 is 8.19 Å². The van der Waals surface area contributed by atoms with Crippen LogP contribution in [0.2, 0.25) is 27.2 Å². The van der Waals surface area contributed by atoms with Gasteiger partial charge in [0, 0.05) is 8.15 Å². The van der Waals surface area contributed by atoms with E-state index in [9.17, 15) is 4.89 Å². The zero-order chi connectivity index (χ0) is 18.9. The van der Waals surface area contributed by atoms with E-state index in [1.165, 1.54) is 0 Å². The van der Waals surface area contributed by atoms with Crippen LogP contribution in [-0.4, -0.2) is 17.2 Å². The number of rotatable bonds is 5. The Hall–Kier alpha value is 1.98. The molecule has 0 amide bonds. The molecule has 0 saturated carbocycles. The fourth-order valence-electron chi connectivity index (χ4n) is 2.04. The summed E-state index contributed by atoms with van der Waals surface area (Å²) in [6, 6.07) is 0. The Morgan fingerprint density at radius 3 is 1.57 bits per heavy atom. The summed E-state index contributed by atoms with van der Waals surface area (Å²) in [5.41, 5.74) is 12.4. The first-order valence-electron chi connectivity index (χ1n) is 7.76. The van der Waals surface area contributed by atoms with E-state index in [-0.39, 0.29) is 0 Å². The van der Waals surface area contributed by atoms with Crippen molar-refractivity contribution in [1.82, 2.24) is 0 Å². The second-order valence-electron chi connectivity index (χ2n) is 10.5. The second-order valence-corrected chi connectivity index (χ2v) is 136. The quantitative estimate of drug-likeness (QED) is 0.220. The summed E-state index contributed by atoms with van der Waals surface area (Å²) in [6.07, 6.45) is 9.91. The second kappa shape index (κ2) is 5.50. The Morgan fingerprint density at radius 1 is 1.00 bits per heavy atom. The fraction of sp³-hybridized carbons (Fsp3) is 0.778. The normalized spacial score (nSPS) is 22.0. The van der Waals surface area contributed by atoms with E-state index in [0.717, 1.165) is 18.7 Å². The van der Waals surface area contributed by atoms with Gasteiger partial charge in [0.05, 0.1) is 0 Å². The van der Waals surface area contributed by atoms with Crippen LogP contribution in [0.5, 0.6) is 0 Å². The van der Waals surface area contributed by atoms with Crippen LogP contribution in [0.3, 0.4) is 0 Å². The molecule has 0 bridgehead atoms. The van der Waals surface area contributed by atoms with Gasteiger partial charge in [0.15, 0.2) is 0 Å². The zero-order valence-electron chi connectivity index (χ0n) is 16.5. The molecule has 1 rings (SSSR count). The number of allylic oxidation sites excluding steroid dienone is 4. The predicted molar refractivity (Wildman–Crippen MR) is 128 cm³/mol. The molecule has 0 aromatic heterocycles. The van der Waals surface area contributed by atoms with E-state index in [0.29, 0.717) is 11.8 Å². The van der Waals surface area contributed by atoms with Crippen molar-refractivity contribution in [2.75, 3.05) is 12.3 Å². The van der Waals surface area contributed by atoms with Gasteiger partial charge in [-0.15, -0.1) is 0 Å². The van der Waals surface area contributed by atoms with Crippen LogP contribution in [0.15, 0.2) is 22.3 Å². The molecule has 23 heavy (non-hydrogen) atoms. The van der Waals surface area contributed by atoms with Gasteiger partial charge in [-0.1, -0.05) is 27.7 Å². The van der Waals surface area contributed by atoms with Gasteiger partial charge in [-0.2, -0.15) is 0 Å². The third-order valence-electron chi connectivity index (χ3n) is 3.09. The molecule has 0 unspecified atom stereocenters. The van der Waals surface area contributed by atoms with Crippen molar-refractivity contribution in [2.45, 2.75) is 61.3 Å². The van der Waals surface area contributed by atoms with Gasteiger partial charge in [-0.25, -0.2) is 0 Å². The van der Waals surface area contributed by atoms with Crippen LogP contribution < -0.4 is 0 Å². The number of halogens is 2. The van der Waals surface area contributed by atoms with Gasteiger partial charge in [-0.3, -0.25) is 0 Å². The minimum atomic E-state index is -3.78. The summed E-state index contributed by atoms with van der Waals surface area (Å²) < 4.78 is -2.16. The summed E-state index contributed by atoms with van der Waals surface area (Å²) in [4.78, 5) is 9.45. The van der Waals surface area contributed by atoms with Gasteiger partial charge in [0.1, 0.15) is 0 Å². The van der Waals surface area contributed by atoms with E-state index in [2.05, 4.69) is 112 Å². The molecular formula is C18H39I2IrOP. The van der Waals surface area contributed by atoms with Gasteiger partial charge in [0.25, 0.3) is 0 Å². The van der Waals surface area contributed by atoms with Crippen molar-refractivity contribution in [1.29, 1.82) is 0 Å². The molecule has 0 atom stereocenters. The van der Waals surface area contributed by atoms with Gasteiger partial charge in [-0.05, 0) is 24.2 Å². The summed E-state index contributed by atoms with van der Waals surface area (Å²) in [7, 11) is -0.659. The molecule has 145 valence electrons. The molecule has 0 heterocycles. The van der Waals surface area contributed by atoms with Crippen molar-refractivity contribution in [3.63, 3.8) is 0 Å². The topological polar surface area (TPSA) is 20.2 Å². The van der Waals surface area contributed by atoms with Crippen molar-refractivity contribution in [3.05, 3.63) is 22.3 Å². The van der Waals surface area contributed by atoms with Gasteiger partial charge >= 0.3 is 98.4 Å². The summed E-state index contributed by atoms with van der Waals surface area (Å²) in [5, 5.41) is 0. The maximum atomic E-state index is 9.45. The Kier molecular flexibility index (Phi) is 5.97. The van der Waals surface area contributed by atoms with Crippen LogP contribution in [0.4, 0.5) is 0 Å². The minimum absolute atomic E-state index is 0.648. The molecule has 5 heteroatoms. The first-order valence-corrected chi connectivity index (χ1v) is 36.2. The third-order valence-corrected chi connectivity index (χ3v) is 22.7. The van der Waals surface area contributed by atoms with Crippen LogP contribution in [0.1, 0.15) is 34.1 Å². The predicted octanol–water partition coefficient (Wildman–Crippen LogP) is 8.76. The molecule has 1 aliphatic rings. The van der Waals surface area contributed by atoms with Crippen LogP contribution in [-0.2, 0) is 3.30 Å². The Bertz CT molecular complexity index is 498. The molecule has 0 radical (unpaired) electrons. The Morgan fingerprint density at radius 2 is 1.39 bits per heavy atom. The van der Waals surface area contributed by atoms with Gasteiger partial charge < -0.3 is 4.89 Å². The van der Waals surface area contributed by atoms with Crippen molar-refractivity contribution in [2.24, 2.45) is 11.8 Å². The molecule has 1 aliphatic carbocycles. The number of hydrogen-bond acceptors (Lipinski definition) is 1. The van der Waals surface area contributed by atoms with E-state index in [1.807, 2.05) is 0 Å². The maximum absolute atomic E-state index is 9.45. The van der Waals surface area contributed by atoms with Gasteiger partial charge in [0.2, 0.25) is 0 Å². The zero-order valence-corrected chi connectivity index (χ0v) is 24.1.